The number of amides is 2. The molecule has 0 fully saturated rings. The number of halogens is 3. The Labute approximate surface area is 89.7 Å². The highest BCUT2D eigenvalue weighted by atomic mass is 19.4. The van der Waals surface area contributed by atoms with E-state index in [4.69, 9.17) is 5.73 Å². The van der Waals surface area contributed by atoms with Gasteiger partial charge in [0, 0.05) is 6.20 Å². The quantitative estimate of drug-likeness (QED) is 0.818. The average molecular weight is 233 g/mol. The van der Waals surface area contributed by atoms with Crippen molar-refractivity contribution in [2.24, 2.45) is 5.73 Å². The normalized spacial score (nSPS) is 13.2. The molecule has 0 aliphatic heterocycles. The van der Waals surface area contributed by atoms with Gasteiger partial charge in [-0.15, -0.1) is 0 Å². The largest absolute Gasteiger partial charge is 0.433 e. The second-order valence-corrected chi connectivity index (χ2v) is 3.20. The molecular weight excluding hydrogens is 223 g/mol. The van der Waals surface area contributed by atoms with Crippen LogP contribution < -0.4 is 11.1 Å². The van der Waals surface area contributed by atoms with E-state index in [1.165, 1.54) is 6.07 Å². The molecule has 1 heterocycles. The molecule has 0 spiro atoms. The highest BCUT2D eigenvalue weighted by Gasteiger charge is 2.32. The number of alkyl halides is 3. The lowest BCUT2D eigenvalue weighted by Gasteiger charge is -2.13. The van der Waals surface area contributed by atoms with Crippen LogP contribution >= 0.6 is 0 Å². The molecule has 0 saturated carbocycles. The van der Waals surface area contributed by atoms with E-state index in [9.17, 15) is 18.0 Å². The maximum atomic E-state index is 12.2. The smallest absolute Gasteiger partial charge is 0.352 e. The maximum Gasteiger partial charge on any atom is 0.433 e. The van der Waals surface area contributed by atoms with E-state index in [2.05, 4.69) is 10.3 Å². The van der Waals surface area contributed by atoms with E-state index in [1.54, 1.807) is 6.92 Å². The van der Waals surface area contributed by atoms with E-state index in [0.29, 0.717) is 5.56 Å². The van der Waals surface area contributed by atoms with Gasteiger partial charge in [0.2, 0.25) is 0 Å². The van der Waals surface area contributed by atoms with Crippen molar-refractivity contribution >= 4 is 6.03 Å². The van der Waals surface area contributed by atoms with Crippen molar-refractivity contribution < 1.29 is 18.0 Å². The number of aromatic nitrogens is 1. The summed E-state index contributed by atoms with van der Waals surface area (Å²) in [5, 5.41) is 2.33. The molecule has 1 unspecified atom stereocenters. The number of nitrogens with zero attached hydrogens (tertiary/aromatic N) is 1. The van der Waals surface area contributed by atoms with Crippen LogP contribution in [0.15, 0.2) is 18.3 Å². The Morgan fingerprint density at radius 2 is 2.12 bits per heavy atom. The molecule has 7 heteroatoms. The zero-order valence-electron chi connectivity index (χ0n) is 8.38. The zero-order chi connectivity index (χ0) is 12.3. The van der Waals surface area contributed by atoms with Crippen LogP contribution in [0.2, 0.25) is 0 Å². The number of pyridine rings is 1. The molecule has 1 aromatic rings. The fraction of sp³-hybridized carbons (Fsp3) is 0.333. The molecule has 0 aliphatic carbocycles. The van der Waals surface area contributed by atoms with Crippen molar-refractivity contribution in [1.29, 1.82) is 0 Å². The van der Waals surface area contributed by atoms with Gasteiger partial charge in [-0.3, -0.25) is 4.98 Å². The van der Waals surface area contributed by atoms with Gasteiger partial charge in [-0.05, 0) is 18.6 Å². The number of rotatable bonds is 2. The van der Waals surface area contributed by atoms with Gasteiger partial charge in [0.25, 0.3) is 0 Å². The fourth-order valence-electron chi connectivity index (χ4n) is 1.13. The first kappa shape index (κ1) is 12.3. The average Bonchev–Trinajstić information content (AvgIpc) is 2.15. The molecule has 1 rings (SSSR count). The van der Waals surface area contributed by atoms with Gasteiger partial charge in [-0.2, -0.15) is 13.2 Å². The predicted octanol–water partition coefficient (Wildman–Crippen LogP) is 1.83. The van der Waals surface area contributed by atoms with Gasteiger partial charge in [0.15, 0.2) is 0 Å². The third kappa shape index (κ3) is 3.11. The predicted molar refractivity (Wildman–Crippen MR) is 50.4 cm³/mol. The minimum Gasteiger partial charge on any atom is -0.352 e. The van der Waals surface area contributed by atoms with Crippen LogP contribution in [-0.2, 0) is 6.18 Å². The van der Waals surface area contributed by atoms with E-state index in [1.807, 2.05) is 0 Å². The van der Waals surface area contributed by atoms with Crippen molar-refractivity contribution in [3.63, 3.8) is 0 Å². The van der Waals surface area contributed by atoms with Crippen LogP contribution in [-0.4, -0.2) is 11.0 Å². The Kier molecular flexibility index (Phi) is 3.36. The number of carbonyl (C=O) groups is 1. The Balaban J connectivity index is 2.83. The first-order valence-corrected chi connectivity index (χ1v) is 4.40. The molecular formula is C9H10F3N3O. The monoisotopic (exact) mass is 233 g/mol. The number of hydrogen-bond donors (Lipinski definition) is 2. The molecule has 3 N–H and O–H groups in total. The van der Waals surface area contributed by atoms with E-state index in [-0.39, 0.29) is 0 Å². The van der Waals surface area contributed by atoms with Gasteiger partial charge in [0.1, 0.15) is 5.69 Å². The Hall–Kier alpha value is -1.79. The van der Waals surface area contributed by atoms with Gasteiger partial charge >= 0.3 is 12.2 Å². The lowest BCUT2D eigenvalue weighted by Crippen LogP contribution is -2.31. The van der Waals surface area contributed by atoms with Crippen LogP contribution in [0.1, 0.15) is 24.2 Å². The van der Waals surface area contributed by atoms with Crippen LogP contribution in [0.25, 0.3) is 0 Å². The molecule has 4 nitrogen and oxygen atoms in total. The summed E-state index contributed by atoms with van der Waals surface area (Å²) in [7, 11) is 0. The number of urea groups is 1. The van der Waals surface area contributed by atoms with Crippen LogP contribution in [0.5, 0.6) is 0 Å². The van der Waals surface area contributed by atoms with E-state index >= 15 is 0 Å². The summed E-state index contributed by atoms with van der Waals surface area (Å²) in [5.74, 6) is 0. The maximum absolute atomic E-state index is 12.2. The molecule has 0 radical (unpaired) electrons. The SMILES string of the molecule is CC(NC(N)=O)c1ccc(C(F)(F)F)nc1. The summed E-state index contributed by atoms with van der Waals surface area (Å²) in [6.45, 7) is 1.59. The molecule has 1 aromatic heterocycles. The Morgan fingerprint density at radius 3 is 2.50 bits per heavy atom. The number of hydrogen-bond acceptors (Lipinski definition) is 2. The second kappa shape index (κ2) is 4.38. The van der Waals surface area contributed by atoms with Gasteiger partial charge in [-0.25, -0.2) is 4.79 Å². The van der Waals surface area contributed by atoms with Crippen molar-refractivity contribution in [3.05, 3.63) is 29.6 Å². The van der Waals surface area contributed by atoms with Crippen molar-refractivity contribution in [2.75, 3.05) is 0 Å². The van der Waals surface area contributed by atoms with Crippen molar-refractivity contribution in [2.45, 2.75) is 19.1 Å². The Bertz CT molecular complexity index is 375. The first-order chi connectivity index (χ1) is 7.30. The van der Waals surface area contributed by atoms with Crippen LogP contribution in [0.4, 0.5) is 18.0 Å². The summed E-state index contributed by atoms with van der Waals surface area (Å²) in [6.07, 6.45) is -3.40. The zero-order valence-corrected chi connectivity index (χ0v) is 8.38. The third-order valence-corrected chi connectivity index (χ3v) is 1.94. The Morgan fingerprint density at radius 1 is 1.50 bits per heavy atom. The van der Waals surface area contributed by atoms with Crippen LogP contribution in [0.3, 0.4) is 0 Å². The van der Waals surface area contributed by atoms with Crippen LogP contribution in [0, 0.1) is 0 Å². The van der Waals surface area contributed by atoms with Gasteiger partial charge < -0.3 is 11.1 Å². The molecule has 0 aromatic carbocycles. The molecule has 16 heavy (non-hydrogen) atoms. The fourth-order valence-corrected chi connectivity index (χ4v) is 1.13. The molecule has 2 amide bonds. The number of primary amides is 1. The molecule has 88 valence electrons. The summed E-state index contributed by atoms with van der Waals surface area (Å²) in [5.41, 5.74) is 4.36. The molecule has 0 saturated heterocycles. The van der Waals surface area contributed by atoms with E-state index < -0.39 is 23.9 Å². The van der Waals surface area contributed by atoms with Gasteiger partial charge in [0.05, 0.1) is 6.04 Å². The topological polar surface area (TPSA) is 68.0 Å². The summed E-state index contributed by atoms with van der Waals surface area (Å²) >= 11 is 0. The highest BCUT2D eigenvalue weighted by Crippen LogP contribution is 2.27. The van der Waals surface area contributed by atoms with Crippen molar-refractivity contribution in [1.82, 2.24) is 10.3 Å². The molecule has 1 atom stereocenters. The lowest BCUT2D eigenvalue weighted by atomic mass is 10.1. The molecule has 0 aliphatic rings. The first-order valence-electron chi connectivity index (χ1n) is 4.40. The lowest BCUT2D eigenvalue weighted by molar-refractivity contribution is -0.141. The second-order valence-electron chi connectivity index (χ2n) is 3.20. The minimum absolute atomic E-state index is 0.451. The summed E-state index contributed by atoms with van der Waals surface area (Å²) in [4.78, 5) is 13.8. The standard InChI is InChI=1S/C9H10F3N3O/c1-5(15-8(13)16)6-2-3-7(14-4-6)9(10,11)12/h2-5H,1H3,(H3,13,15,16). The minimum atomic E-state index is -4.46. The third-order valence-electron chi connectivity index (χ3n) is 1.94. The number of carbonyl (C=O) groups excluding carboxylic acids is 1. The van der Waals surface area contributed by atoms with Gasteiger partial charge in [-0.1, -0.05) is 6.07 Å². The molecule has 0 bridgehead atoms. The number of nitrogens with two attached hydrogens (primary N) is 1. The highest BCUT2D eigenvalue weighted by molar-refractivity contribution is 5.72. The number of nitrogens with one attached hydrogen (secondary N) is 1. The summed E-state index contributed by atoms with van der Waals surface area (Å²) < 4.78 is 36.5. The summed E-state index contributed by atoms with van der Waals surface area (Å²) in [6, 6.07) is 0.880. The van der Waals surface area contributed by atoms with Crippen molar-refractivity contribution in [3.8, 4) is 0 Å². The van der Waals surface area contributed by atoms with E-state index in [0.717, 1.165) is 12.3 Å².